The van der Waals surface area contributed by atoms with E-state index < -0.39 is 10.0 Å². The normalized spacial score (nSPS) is 11.2. The first kappa shape index (κ1) is 20.1. The van der Waals surface area contributed by atoms with Gasteiger partial charge in [0.2, 0.25) is 10.0 Å². The largest absolute Gasteiger partial charge is 0.497 e. The number of ether oxygens (including phenoxy) is 1. The molecule has 1 amide bonds. The standard InChI is InChI=1S/C20H20N2O4S2/c1-14-5-3-4-6-18(14)22-20(23)19-11-17(13-27-19)28(24,25)21-12-15-7-9-16(26-2)10-8-15/h3-11,13,21H,12H2,1-2H3,(H,22,23). The Bertz CT molecular complexity index is 1070. The van der Waals surface area contributed by atoms with Gasteiger partial charge in [0.05, 0.1) is 16.9 Å². The third-order valence-corrected chi connectivity index (χ3v) is 6.59. The van der Waals surface area contributed by atoms with Crippen molar-refractivity contribution in [3.8, 4) is 5.75 Å². The second-order valence-corrected chi connectivity index (χ2v) is 8.77. The SMILES string of the molecule is COc1ccc(CNS(=O)(=O)c2csc(C(=O)Nc3ccccc3C)c2)cc1. The molecule has 1 aromatic heterocycles. The van der Waals surface area contributed by atoms with E-state index in [1.165, 1.54) is 11.4 Å². The first-order valence-corrected chi connectivity index (χ1v) is 10.8. The molecule has 3 aromatic rings. The highest BCUT2D eigenvalue weighted by atomic mass is 32.2. The molecule has 6 nitrogen and oxygen atoms in total. The van der Waals surface area contributed by atoms with Crippen LogP contribution in [0.4, 0.5) is 5.69 Å². The number of carbonyl (C=O) groups is 1. The van der Waals surface area contributed by atoms with Crippen LogP contribution in [0.25, 0.3) is 0 Å². The quantitative estimate of drug-likeness (QED) is 0.614. The predicted molar refractivity (Wildman–Crippen MR) is 110 cm³/mol. The number of nitrogens with one attached hydrogen (secondary N) is 2. The molecule has 0 unspecified atom stereocenters. The molecule has 2 aromatic carbocycles. The van der Waals surface area contributed by atoms with Crippen molar-refractivity contribution in [3.63, 3.8) is 0 Å². The van der Waals surface area contributed by atoms with Crippen LogP contribution in [0.3, 0.4) is 0 Å². The summed E-state index contributed by atoms with van der Waals surface area (Å²) in [5.41, 5.74) is 2.43. The number of thiophene rings is 1. The lowest BCUT2D eigenvalue weighted by Gasteiger charge is -2.07. The Hall–Kier alpha value is -2.68. The number of benzene rings is 2. The zero-order valence-corrected chi connectivity index (χ0v) is 17.1. The van der Waals surface area contributed by atoms with Gasteiger partial charge in [-0.25, -0.2) is 13.1 Å². The number of hydrogen-bond donors (Lipinski definition) is 2. The third-order valence-electron chi connectivity index (χ3n) is 4.13. The van der Waals surface area contributed by atoms with Gasteiger partial charge in [-0.1, -0.05) is 30.3 Å². The minimum Gasteiger partial charge on any atom is -0.497 e. The first-order chi connectivity index (χ1) is 13.4. The van der Waals surface area contributed by atoms with Crippen molar-refractivity contribution in [2.45, 2.75) is 18.4 Å². The number of hydrogen-bond acceptors (Lipinski definition) is 5. The van der Waals surface area contributed by atoms with Crippen LogP contribution < -0.4 is 14.8 Å². The van der Waals surface area contributed by atoms with Gasteiger partial charge in [0, 0.05) is 17.6 Å². The summed E-state index contributed by atoms with van der Waals surface area (Å²) < 4.78 is 32.7. The molecular weight excluding hydrogens is 396 g/mol. The molecule has 0 bridgehead atoms. The number of aryl methyl sites for hydroxylation is 1. The molecule has 0 atom stereocenters. The molecule has 28 heavy (non-hydrogen) atoms. The van der Waals surface area contributed by atoms with Gasteiger partial charge in [-0.2, -0.15) is 0 Å². The van der Waals surface area contributed by atoms with Gasteiger partial charge in [-0.05, 0) is 42.3 Å². The van der Waals surface area contributed by atoms with Crippen LogP contribution in [0.1, 0.15) is 20.8 Å². The van der Waals surface area contributed by atoms with E-state index in [9.17, 15) is 13.2 Å². The molecular formula is C20H20N2O4S2. The molecule has 0 saturated carbocycles. The van der Waals surface area contributed by atoms with Gasteiger partial charge < -0.3 is 10.1 Å². The fourth-order valence-corrected chi connectivity index (χ4v) is 4.67. The van der Waals surface area contributed by atoms with Crippen LogP contribution >= 0.6 is 11.3 Å². The van der Waals surface area contributed by atoms with E-state index in [2.05, 4.69) is 10.0 Å². The van der Waals surface area contributed by atoms with Crippen LogP contribution in [0.5, 0.6) is 5.75 Å². The molecule has 0 aliphatic heterocycles. The molecule has 0 saturated heterocycles. The molecule has 0 aliphatic rings. The van der Waals surface area contributed by atoms with E-state index in [0.717, 1.165) is 22.5 Å². The van der Waals surface area contributed by atoms with Crippen molar-refractivity contribution in [1.82, 2.24) is 4.72 Å². The summed E-state index contributed by atoms with van der Waals surface area (Å²) in [6, 6.07) is 15.9. The lowest BCUT2D eigenvalue weighted by molar-refractivity contribution is 0.103. The van der Waals surface area contributed by atoms with Gasteiger partial charge in [0.1, 0.15) is 5.75 Å². The molecule has 0 spiro atoms. The number of sulfonamides is 1. The van der Waals surface area contributed by atoms with E-state index in [4.69, 9.17) is 4.74 Å². The highest BCUT2D eigenvalue weighted by molar-refractivity contribution is 7.89. The second-order valence-electron chi connectivity index (χ2n) is 6.09. The Balaban J connectivity index is 1.67. The molecule has 0 fully saturated rings. The number of carbonyl (C=O) groups excluding carboxylic acids is 1. The molecule has 3 rings (SSSR count). The minimum atomic E-state index is -3.72. The lowest BCUT2D eigenvalue weighted by atomic mass is 10.2. The average molecular weight is 417 g/mol. The van der Waals surface area contributed by atoms with Gasteiger partial charge in [-0.3, -0.25) is 4.79 Å². The van der Waals surface area contributed by atoms with Crippen LogP contribution in [0.2, 0.25) is 0 Å². The Morgan fingerprint density at radius 1 is 1.11 bits per heavy atom. The van der Waals surface area contributed by atoms with Gasteiger partial charge in [-0.15, -0.1) is 11.3 Å². The van der Waals surface area contributed by atoms with E-state index in [-0.39, 0.29) is 17.3 Å². The molecule has 0 aliphatic carbocycles. The van der Waals surface area contributed by atoms with Crippen LogP contribution in [-0.4, -0.2) is 21.4 Å². The molecule has 1 heterocycles. The number of anilines is 1. The van der Waals surface area contributed by atoms with Crippen molar-refractivity contribution >= 4 is 33.0 Å². The van der Waals surface area contributed by atoms with E-state index in [1.807, 2.05) is 25.1 Å². The van der Waals surface area contributed by atoms with Gasteiger partial charge >= 0.3 is 0 Å². The Morgan fingerprint density at radius 2 is 1.82 bits per heavy atom. The summed E-state index contributed by atoms with van der Waals surface area (Å²) in [7, 11) is -2.15. The molecule has 8 heteroatoms. The first-order valence-electron chi connectivity index (χ1n) is 8.47. The zero-order valence-electron chi connectivity index (χ0n) is 15.4. The summed E-state index contributed by atoms with van der Waals surface area (Å²) in [6.07, 6.45) is 0. The molecule has 2 N–H and O–H groups in total. The van der Waals surface area contributed by atoms with Crippen LogP contribution in [-0.2, 0) is 16.6 Å². The average Bonchev–Trinajstić information content (AvgIpc) is 3.20. The van der Waals surface area contributed by atoms with Crippen molar-refractivity contribution in [3.05, 3.63) is 76.0 Å². The van der Waals surface area contributed by atoms with Gasteiger partial charge in [0.25, 0.3) is 5.91 Å². The fraction of sp³-hybridized carbons (Fsp3) is 0.150. The molecule has 146 valence electrons. The number of rotatable bonds is 7. The summed E-state index contributed by atoms with van der Waals surface area (Å²) in [5, 5.41) is 4.27. The van der Waals surface area contributed by atoms with Crippen molar-refractivity contribution in [1.29, 1.82) is 0 Å². The maximum Gasteiger partial charge on any atom is 0.265 e. The third kappa shape index (κ3) is 4.78. The second kappa shape index (κ2) is 8.55. The van der Waals surface area contributed by atoms with Crippen LogP contribution in [0, 0.1) is 6.92 Å². The Kier molecular flexibility index (Phi) is 6.13. The summed E-state index contributed by atoms with van der Waals surface area (Å²) >= 11 is 1.09. The molecule has 0 radical (unpaired) electrons. The maximum atomic E-state index is 12.5. The van der Waals surface area contributed by atoms with Crippen molar-refractivity contribution < 1.29 is 17.9 Å². The lowest BCUT2D eigenvalue weighted by Crippen LogP contribution is -2.22. The monoisotopic (exact) mass is 416 g/mol. The predicted octanol–water partition coefficient (Wildman–Crippen LogP) is 3.80. The highest BCUT2D eigenvalue weighted by Gasteiger charge is 2.19. The fourth-order valence-electron chi connectivity index (χ4n) is 2.48. The Labute approximate surface area is 168 Å². The zero-order chi connectivity index (χ0) is 20.1. The number of methoxy groups -OCH3 is 1. The minimum absolute atomic E-state index is 0.0703. The summed E-state index contributed by atoms with van der Waals surface area (Å²) in [4.78, 5) is 12.8. The van der Waals surface area contributed by atoms with E-state index >= 15 is 0 Å². The van der Waals surface area contributed by atoms with Crippen LogP contribution in [0.15, 0.2) is 64.9 Å². The number of para-hydroxylation sites is 1. The van der Waals surface area contributed by atoms with Gasteiger partial charge in [0.15, 0.2) is 0 Å². The van der Waals surface area contributed by atoms with E-state index in [1.54, 1.807) is 37.4 Å². The highest BCUT2D eigenvalue weighted by Crippen LogP contribution is 2.22. The summed E-state index contributed by atoms with van der Waals surface area (Å²) in [6.45, 7) is 2.04. The van der Waals surface area contributed by atoms with Crippen molar-refractivity contribution in [2.75, 3.05) is 12.4 Å². The smallest absolute Gasteiger partial charge is 0.265 e. The summed E-state index contributed by atoms with van der Waals surface area (Å²) in [5.74, 6) is 0.365. The number of amides is 1. The van der Waals surface area contributed by atoms with Crippen molar-refractivity contribution in [2.24, 2.45) is 0 Å². The van der Waals surface area contributed by atoms with E-state index in [0.29, 0.717) is 16.3 Å². The maximum absolute atomic E-state index is 12.5. The topological polar surface area (TPSA) is 84.5 Å². The Morgan fingerprint density at radius 3 is 2.50 bits per heavy atom.